The van der Waals surface area contributed by atoms with Crippen molar-refractivity contribution in [1.29, 1.82) is 0 Å². The fourth-order valence-corrected chi connectivity index (χ4v) is 3.82. The Morgan fingerprint density at radius 2 is 1.75 bits per heavy atom. The highest BCUT2D eigenvalue weighted by atomic mass is 16.2. The number of benzene rings is 1. The Labute approximate surface area is 142 Å². The lowest BCUT2D eigenvalue weighted by molar-refractivity contribution is -0.113. The van der Waals surface area contributed by atoms with E-state index in [0.29, 0.717) is 11.0 Å². The molecule has 2 fully saturated rings. The molecule has 1 aromatic rings. The lowest BCUT2D eigenvalue weighted by Gasteiger charge is -2.44. The first-order valence-corrected chi connectivity index (χ1v) is 8.66. The summed E-state index contributed by atoms with van der Waals surface area (Å²) in [6, 6.07) is 7.37. The van der Waals surface area contributed by atoms with Crippen LogP contribution < -0.4 is 11.1 Å². The van der Waals surface area contributed by atoms with Gasteiger partial charge in [0.2, 0.25) is 5.91 Å². The Balaban J connectivity index is 1.70. The highest BCUT2D eigenvalue weighted by Gasteiger charge is 2.36. The summed E-state index contributed by atoms with van der Waals surface area (Å²) in [7, 11) is 0. The van der Waals surface area contributed by atoms with E-state index in [2.05, 4.69) is 5.32 Å². The van der Waals surface area contributed by atoms with Crippen molar-refractivity contribution in [3.63, 3.8) is 0 Å². The molecule has 0 bridgehead atoms. The number of piperidine rings is 2. The molecule has 2 heterocycles. The van der Waals surface area contributed by atoms with Crippen molar-refractivity contribution in [2.24, 2.45) is 11.1 Å². The molecule has 0 saturated carbocycles. The van der Waals surface area contributed by atoms with E-state index in [1.807, 2.05) is 29.2 Å². The van der Waals surface area contributed by atoms with Gasteiger partial charge in [0, 0.05) is 24.7 Å². The van der Waals surface area contributed by atoms with Crippen molar-refractivity contribution in [1.82, 2.24) is 10.2 Å². The summed E-state index contributed by atoms with van der Waals surface area (Å²) in [6.45, 7) is 3.81. The zero-order valence-corrected chi connectivity index (χ0v) is 14.0. The summed E-state index contributed by atoms with van der Waals surface area (Å²) in [6.07, 6.45) is 7.51. The van der Waals surface area contributed by atoms with Crippen LogP contribution in [0.15, 0.2) is 30.3 Å². The van der Waals surface area contributed by atoms with Gasteiger partial charge in [-0.25, -0.2) is 0 Å². The molecule has 128 valence electrons. The first-order valence-electron chi connectivity index (χ1n) is 8.66. The molecule has 1 aromatic carbocycles. The highest BCUT2D eigenvalue weighted by Crippen LogP contribution is 2.39. The molecule has 24 heavy (non-hydrogen) atoms. The van der Waals surface area contributed by atoms with Gasteiger partial charge in [-0.2, -0.15) is 0 Å². The molecule has 0 atom stereocenters. The van der Waals surface area contributed by atoms with Crippen molar-refractivity contribution in [3.05, 3.63) is 41.5 Å². The van der Waals surface area contributed by atoms with Crippen LogP contribution in [0.1, 0.15) is 41.6 Å². The second-order valence-electron chi connectivity index (χ2n) is 6.87. The van der Waals surface area contributed by atoms with Crippen LogP contribution in [-0.4, -0.2) is 42.9 Å². The fraction of sp³-hybridized carbons (Fsp3) is 0.474. The third kappa shape index (κ3) is 3.67. The zero-order valence-electron chi connectivity index (χ0n) is 14.0. The Morgan fingerprint density at radius 3 is 2.42 bits per heavy atom. The number of carbonyl (C=O) groups is 2. The van der Waals surface area contributed by atoms with Gasteiger partial charge in [-0.15, -0.1) is 0 Å². The predicted molar refractivity (Wildman–Crippen MR) is 94.3 cm³/mol. The van der Waals surface area contributed by atoms with Gasteiger partial charge in [0.25, 0.3) is 5.91 Å². The minimum atomic E-state index is -0.511. The number of carbonyl (C=O) groups excluding carboxylic acids is 2. The van der Waals surface area contributed by atoms with E-state index in [0.717, 1.165) is 44.6 Å². The first-order chi connectivity index (χ1) is 11.6. The van der Waals surface area contributed by atoms with E-state index in [1.165, 1.54) is 18.9 Å². The van der Waals surface area contributed by atoms with Crippen LogP contribution in [-0.2, 0) is 4.79 Å². The summed E-state index contributed by atoms with van der Waals surface area (Å²) >= 11 is 0. The lowest BCUT2D eigenvalue weighted by Crippen LogP contribution is -2.47. The Kier molecular flexibility index (Phi) is 5.00. The maximum Gasteiger partial charge on any atom is 0.254 e. The molecule has 2 amide bonds. The number of nitrogens with one attached hydrogen (secondary N) is 1. The Hall–Kier alpha value is -2.14. The van der Waals surface area contributed by atoms with Crippen molar-refractivity contribution in [2.75, 3.05) is 26.2 Å². The molecule has 3 N–H and O–H groups in total. The standard InChI is InChI=1S/C19H25N3O2/c20-17(23)6-5-15-3-1-2-4-16(15)18(24)22-13-9-19(10-14-22)7-11-21-12-8-19/h1-6,21H,7-14H2,(H2,20,23)/b6-5+. The lowest BCUT2D eigenvalue weighted by atomic mass is 9.71. The average molecular weight is 327 g/mol. The van der Waals surface area contributed by atoms with E-state index in [-0.39, 0.29) is 5.91 Å². The van der Waals surface area contributed by atoms with Crippen LogP contribution in [0.3, 0.4) is 0 Å². The summed E-state index contributed by atoms with van der Waals surface area (Å²) < 4.78 is 0. The van der Waals surface area contributed by atoms with Crippen molar-refractivity contribution in [3.8, 4) is 0 Å². The molecule has 3 rings (SSSR count). The summed E-state index contributed by atoms with van der Waals surface area (Å²) in [5, 5.41) is 3.42. The largest absolute Gasteiger partial charge is 0.366 e. The SMILES string of the molecule is NC(=O)/C=C/c1ccccc1C(=O)N1CCC2(CCNCC2)CC1. The number of hydrogen-bond acceptors (Lipinski definition) is 3. The number of nitrogens with two attached hydrogens (primary N) is 1. The molecule has 0 radical (unpaired) electrons. The minimum Gasteiger partial charge on any atom is -0.366 e. The van der Waals surface area contributed by atoms with Crippen molar-refractivity contribution < 1.29 is 9.59 Å². The number of hydrogen-bond donors (Lipinski definition) is 2. The second-order valence-corrected chi connectivity index (χ2v) is 6.87. The quantitative estimate of drug-likeness (QED) is 0.831. The molecule has 5 heteroatoms. The normalized spacial score (nSPS) is 20.4. The molecule has 2 saturated heterocycles. The molecular formula is C19H25N3O2. The molecule has 0 aromatic heterocycles. The van der Waals surface area contributed by atoms with Crippen LogP contribution in [0.25, 0.3) is 6.08 Å². The van der Waals surface area contributed by atoms with Crippen molar-refractivity contribution >= 4 is 17.9 Å². The Bertz CT molecular complexity index is 638. The molecule has 0 aliphatic carbocycles. The zero-order chi connectivity index (χ0) is 17.0. The van der Waals surface area contributed by atoms with Gasteiger partial charge in [0.1, 0.15) is 0 Å². The number of nitrogens with zero attached hydrogens (tertiary/aromatic N) is 1. The van der Waals surface area contributed by atoms with Crippen LogP contribution in [0, 0.1) is 5.41 Å². The van der Waals surface area contributed by atoms with Crippen LogP contribution in [0.4, 0.5) is 0 Å². The van der Waals surface area contributed by atoms with Gasteiger partial charge in [0.05, 0.1) is 0 Å². The molecule has 5 nitrogen and oxygen atoms in total. The molecule has 1 spiro atoms. The molecule has 2 aliphatic rings. The van der Waals surface area contributed by atoms with Gasteiger partial charge in [-0.3, -0.25) is 9.59 Å². The van der Waals surface area contributed by atoms with E-state index < -0.39 is 5.91 Å². The van der Waals surface area contributed by atoms with Gasteiger partial charge in [-0.1, -0.05) is 18.2 Å². The van der Waals surface area contributed by atoms with Gasteiger partial charge in [-0.05, 0) is 61.9 Å². The number of amides is 2. The van der Waals surface area contributed by atoms with E-state index in [4.69, 9.17) is 5.73 Å². The highest BCUT2D eigenvalue weighted by molar-refractivity contribution is 5.99. The first kappa shape index (κ1) is 16.7. The summed E-state index contributed by atoms with van der Waals surface area (Å²) in [5.74, 6) is -0.466. The smallest absolute Gasteiger partial charge is 0.254 e. The summed E-state index contributed by atoms with van der Waals surface area (Å²) in [5.41, 5.74) is 6.96. The average Bonchev–Trinajstić information content (AvgIpc) is 2.61. The monoisotopic (exact) mass is 327 g/mol. The maximum atomic E-state index is 12.9. The number of likely N-dealkylation sites (tertiary alicyclic amines) is 1. The van der Waals surface area contributed by atoms with Gasteiger partial charge >= 0.3 is 0 Å². The maximum absolute atomic E-state index is 12.9. The topological polar surface area (TPSA) is 75.4 Å². The van der Waals surface area contributed by atoms with Crippen LogP contribution in [0.5, 0.6) is 0 Å². The number of rotatable bonds is 3. The van der Waals surface area contributed by atoms with Crippen LogP contribution in [0.2, 0.25) is 0 Å². The molecule has 0 unspecified atom stereocenters. The Morgan fingerprint density at radius 1 is 1.08 bits per heavy atom. The van der Waals surface area contributed by atoms with Crippen molar-refractivity contribution in [2.45, 2.75) is 25.7 Å². The molecular weight excluding hydrogens is 302 g/mol. The van der Waals surface area contributed by atoms with E-state index in [1.54, 1.807) is 6.08 Å². The number of primary amides is 1. The fourth-order valence-electron chi connectivity index (χ4n) is 3.82. The van der Waals surface area contributed by atoms with Crippen LogP contribution >= 0.6 is 0 Å². The third-order valence-corrected chi connectivity index (χ3v) is 5.39. The van der Waals surface area contributed by atoms with E-state index in [9.17, 15) is 9.59 Å². The predicted octanol–water partition coefficient (Wildman–Crippen LogP) is 1.79. The summed E-state index contributed by atoms with van der Waals surface area (Å²) in [4.78, 5) is 25.8. The van der Waals surface area contributed by atoms with E-state index >= 15 is 0 Å². The third-order valence-electron chi connectivity index (χ3n) is 5.39. The van der Waals surface area contributed by atoms with Gasteiger partial charge < -0.3 is 16.0 Å². The van der Waals surface area contributed by atoms with Gasteiger partial charge in [0.15, 0.2) is 0 Å². The molecule has 2 aliphatic heterocycles. The minimum absolute atomic E-state index is 0.0449. The second kappa shape index (κ2) is 7.18.